The number of aliphatic carboxylic acids is 1. The Labute approximate surface area is 146 Å². The van der Waals surface area contributed by atoms with E-state index in [1.807, 2.05) is 0 Å². The Morgan fingerprint density at radius 1 is 0.958 bits per heavy atom. The molecule has 0 unspecified atom stereocenters. The van der Waals surface area contributed by atoms with Gasteiger partial charge in [0.05, 0.1) is 5.66 Å². The summed E-state index contributed by atoms with van der Waals surface area (Å²) in [6, 6.07) is 0. The van der Waals surface area contributed by atoms with Crippen molar-refractivity contribution >= 4 is 5.97 Å². The van der Waals surface area contributed by atoms with Crippen LogP contribution in [-0.2, 0) is 4.79 Å². The standard InChI is InChI=1S/C20H30N2O2/c1-2-3-14-17-20(21-22-20)18-15-12-10-8-6-4-5-7-9-11-13-16-19(23)24/h1,4,6-7,9-10,12,21-22H,3,5,8,11,13-18H2,(H,23,24)/b6-4-,9-7-,12-10-. The molecule has 1 heterocycles. The molecule has 0 radical (unpaired) electrons. The maximum Gasteiger partial charge on any atom is 0.303 e. The van der Waals surface area contributed by atoms with Crippen molar-refractivity contribution in [3.63, 3.8) is 0 Å². The summed E-state index contributed by atoms with van der Waals surface area (Å²) >= 11 is 0. The first-order chi connectivity index (χ1) is 11.7. The highest BCUT2D eigenvalue weighted by Crippen LogP contribution is 2.24. The van der Waals surface area contributed by atoms with Gasteiger partial charge in [0.15, 0.2) is 0 Å². The van der Waals surface area contributed by atoms with Gasteiger partial charge in [-0.25, -0.2) is 10.9 Å². The molecular formula is C20H30N2O2. The third-order valence-electron chi connectivity index (χ3n) is 3.95. The molecule has 1 aliphatic heterocycles. The molecule has 0 bridgehead atoms. The summed E-state index contributed by atoms with van der Waals surface area (Å²) in [5.41, 5.74) is 6.62. The van der Waals surface area contributed by atoms with Gasteiger partial charge in [0.2, 0.25) is 0 Å². The molecule has 0 aromatic rings. The van der Waals surface area contributed by atoms with E-state index in [1.54, 1.807) is 0 Å². The van der Waals surface area contributed by atoms with Crippen molar-refractivity contribution in [1.29, 1.82) is 0 Å². The summed E-state index contributed by atoms with van der Waals surface area (Å²) < 4.78 is 0. The monoisotopic (exact) mass is 330 g/mol. The molecule has 0 saturated carbocycles. The van der Waals surface area contributed by atoms with Gasteiger partial charge in [-0.15, -0.1) is 12.3 Å². The molecule has 1 aliphatic rings. The molecule has 1 saturated heterocycles. The van der Waals surface area contributed by atoms with Gasteiger partial charge in [-0.1, -0.05) is 36.5 Å². The molecule has 4 nitrogen and oxygen atoms in total. The second-order valence-electron chi connectivity index (χ2n) is 6.10. The first-order valence-electron chi connectivity index (χ1n) is 8.83. The SMILES string of the molecule is C#CCCCC1(CC/C=C\C/C=C\C/C=C\CCCC(=O)O)NN1. The number of carboxylic acids is 1. The fraction of sp³-hybridized carbons (Fsp3) is 0.550. The summed E-state index contributed by atoms with van der Waals surface area (Å²) in [5, 5.41) is 8.52. The van der Waals surface area contributed by atoms with Crippen LogP contribution in [0, 0.1) is 12.3 Å². The van der Waals surface area contributed by atoms with Gasteiger partial charge in [0, 0.05) is 12.8 Å². The van der Waals surface area contributed by atoms with Crippen molar-refractivity contribution < 1.29 is 9.90 Å². The third kappa shape index (κ3) is 10.8. The smallest absolute Gasteiger partial charge is 0.303 e. The van der Waals surface area contributed by atoms with Crippen LogP contribution in [0.2, 0.25) is 0 Å². The molecule has 0 spiro atoms. The largest absolute Gasteiger partial charge is 0.481 e. The molecule has 4 heteroatoms. The number of carbonyl (C=O) groups is 1. The Hall–Kier alpha value is -1.83. The Kier molecular flexibility index (Phi) is 10.6. The van der Waals surface area contributed by atoms with Crippen LogP contribution in [0.25, 0.3) is 0 Å². The van der Waals surface area contributed by atoms with E-state index in [9.17, 15) is 4.79 Å². The quantitative estimate of drug-likeness (QED) is 0.194. The Balaban J connectivity index is 1.97. The lowest BCUT2D eigenvalue weighted by molar-refractivity contribution is -0.137. The van der Waals surface area contributed by atoms with Crippen LogP contribution in [-0.4, -0.2) is 16.7 Å². The number of rotatable bonds is 14. The van der Waals surface area contributed by atoms with Crippen LogP contribution in [0.5, 0.6) is 0 Å². The molecule has 1 fully saturated rings. The fourth-order valence-corrected chi connectivity index (χ4v) is 2.43. The van der Waals surface area contributed by atoms with E-state index < -0.39 is 5.97 Å². The van der Waals surface area contributed by atoms with E-state index in [2.05, 4.69) is 53.2 Å². The third-order valence-corrected chi connectivity index (χ3v) is 3.95. The maximum atomic E-state index is 10.3. The number of allylic oxidation sites excluding steroid dienone is 6. The first-order valence-corrected chi connectivity index (χ1v) is 8.83. The molecular weight excluding hydrogens is 300 g/mol. The van der Waals surface area contributed by atoms with E-state index in [0.29, 0.717) is 6.42 Å². The van der Waals surface area contributed by atoms with Gasteiger partial charge in [-0.05, 0) is 51.4 Å². The van der Waals surface area contributed by atoms with Gasteiger partial charge >= 0.3 is 5.97 Å². The van der Waals surface area contributed by atoms with Crippen molar-refractivity contribution in [3.8, 4) is 12.3 Å². The number of terminal acetylenes is 1. The Bertz CT molecular complexity index is 482. The van der Waals surface area contributed by atoms with Gasteiger partial charge in [0.25, 0.3) is 0 Å². The first kappa shape index (κ1) is 20.2. The van der Waals surface area contributed by atoms with Crippen LogP contribution in [0.4, 0.5) is 0 Å². The average molecular weight is 330 g/mol. The van der Waals surface area contributed by atoms with Crippen molar-refractivity contribution in [2.24, 2.45) is 0 Å². The van der Waals surface area contributed by atoms with Crippen LogP contribution < -0.4 is 10.9 Å². The lowest BCUT2D eigenvalue weighted by atomic mass is 10.0. The average Bonchev–Trinajstić information content (AvgIpc) is 3.32. The van der Waals surface area contributed by atoms with E-state index >= 15 is 0 Å². The highest BCUT2D eigenvalue weighted by molar-refractivity contribution is 5.66. The summed E-state index contributed by atoms with van der Waals surface area (Å²) in [5.74, 6) is 1.96. The maximum absolute atomic E-state index is 10.3. The molecule has 0 atom stereocenters. The topological polar surface area (TPSA) is 81.2 Å². The predicted molar refractivity (Wildman–Crippen MR) is 99.1 cm³/mol. The number of hydrogen-bond donors (Lipinski definition) is 3. The van der Waals surface area contributed by atoms with Crippen molar-refractivity contribution in [3.05, 3.63) is 36.5 Å². The second-order valence-corrected chi connectivity index (χ2v) is 6.10. The zero-order chi connectivity index (χ0) is 17.5. The van der Waals surface area contributed by atoms with Crippen LogP contribution in [0.3, 0.4) is 0 Å². The summed E-state index contributed by atoms with van der Waals surface area (Å²) in [6.07, 6.45) is 27.0. The minimum absolute atomic E-state index is 0.127. The number of nitrogens with one attached hydrogen (secondary N) is 2. The Morgan fingerprint density at radius 3 is 2.17 bits per heavy atom. The summed E-state index contributed by atoms with van der Waals surface area (Å²) in [6.45, 7) is 0. The zero-order valence-corrected chi connectivity index (χ0v) is 14.5. The minimum Gasteiger partial charge on any atom is -0.481 e. The van der Waals surface area contributed by atoms with Crippen LogP contribution in [0.15, 0.2) is 36.5 Å². The number of carboxylic acid groups (broad SMARTS) is 1. The predicted octanol–water partition coefficient (Wildman–Crippen LogP) is 4.08. The van der Waals surface area contributed by atoms with Gasteiger partial charge in [-0.2, -0.15) is 0 Å². The number of hydrazine groups is 1. The molecule has 0 aliphatic carbocycles. The van der Waals surface area contributed by atoms with E-state index in [1.165, 1.54) is 0 Å². The molecule has 1 rings (SSSR count). The highest BCUT2D eigenvalue weighted by atomic mass is 16.4. The van der Waals surface area contributed by atoms with E-state index in [-0.39, 0.29) is 12.1 Å². The molecule has 3 N–H and O–H groups in total. The normalized spacial score (nSPS) is 16.1. The van der Waals surface area contributed by atoms with Gasteiger partial charge in [0.1, 0.15) is 0 Å². The lowest BCUT2D eigenvalue weighted by Gasteiger charge is -2.08. The van der Waals surface area contributed by atoms with Crippen molar-refractivity contribution in [1.82, 2.24) is 10.9 Å². The minimum atomic E-state index is -0.721. The highest BCUT2D eigenvalue weighted by Gasteiger charge is 2.39. The van der Waals surface area contributed by atoms with Crippen LogP contribution in [0.1, 0.15) is 64.2 Å². The second kappa shape index (κ2) is 12.6. The molecule has 0 aromatic carbocycles. The summed E-state index contributed by atoms with van der Waals surface area (Å²) in [4.78, 5) is 10.3. The lowest BCUT2D eigenvalue weighted by Crippen LogP contribution is -2.16. The van der Waals surface area contributed by atoms with E-state index in [4.69, 9.17) is 11.5 Å². The van der Waals surface area contributed by atoms with E-state index in [0.717, 1.165) is 51.4 Å². The number of hydrogen-bond acceptors (Lipinski definition) is 3. The Morgan fingerprint density at radius 2 is 1.58 bits per heavy atom. The van der Waals surface area contributed by atoms with Crippen molar-refractivity contribution in [2.45, 2.75) is 69.9 Å². The molecule has 0 aromatic heterocycles. The summed E-state index contributed by atoms with van der Waals surface area (Å²) in [7, 11) is 0. The number of unbranched alkanes of at least 4 members (excludes halogenated alkanes) is 2. The van der Waals surface area contributed by atoms with Gasteiger partial charge in [-0.3, -0.25) is 4.79 Å². The molecule has 132 valence electrons. The van der Waals surface area contributed by atoms with Gasteiger partial charge < -0.3 is 5.11 Å². The molecule has 24 heavy (non-hydrogen) atoms. The van der Waals surface area contributed by atoms with Crippen LogP contribution >= 0.6 is 0 Å². The van der Waals surface area contributed by atoms with Crippen molar-refractivity contribution in [2.75, 3.05) is 0 Å². The zero-order valence-electron chi connectivity index (χ0n) is 14.5. The fourth-order valence-electron chi connectivity index (χ4n) is 2.43. The molecule has 0 amide bonds.